The van der Waals surface area contributed by atoms with Crippen LogP contribution < -0.4 is 0 Å². The number of rotatable bonds is 3. The molecule has 0 heterocycles. The Morgan fingerprint density at radius 2 is 1.48 bits per heavy atom. The van der Waals surface area contributed by atoms with Crippen molar-refractivity contribution < 1.29 is 5.11 Å². The Labute approximate surface area is 161 Å². The van der Waals surface area contributed by atoms with Crippen LogP contribution >= 0.6 is 0 Å². The lowest BCUT2D eigenvalue weighted by molar-refractivity contribution is 0.467. The van der Waals surface area contributed by atoms with Gasteiger partial charge in [-0.3, -0.25) is 4.99 Å². The van der Waals surface area contributed by atoms with Crippen LogP contribution in [0.3, 0.4) is 0 Å². The molecule has 2 nitrogen and oxygen atoms in total. The first kappa shape index (κ1) is 17.5. The third-order valence-corrected chi connectivity index (χ3v) is 5.45. The van der Waals surface area contributed by atoms with E-state index in [1.54, 1.807) is 0 Å². The summed E-state index contributed by atoms with van der Waals surface area (Å²) in [7, 11) is 0. The van der Waals surface area contributed by atoms with Crippen molar-refractivity contribution in [3.63, 3.8) is 0 Å². The molecule has 0 amide bonds. The van der Waals surface area contributed by atoms with E-state index in [1.807, 2.05) is 18.3 Å². The van der Waals surface area contributed by atoms with Gasteiger partial charge in [-0.15, -0.1) is 0 Å². The van der Waals surface area contributed by atoms with E-state index in [1.165, 1.54) is 27.8 Å². The molecule has 0 saturated carbocycles. The van der Waals surface area contributed by atoms with Crippen molar-refractivity contribution in [2.75, 3.05) is 0 Å². The van der Waals surface area contributed by atoms with Gasteiger partial charge >= 0.3 is 0 Å². The van der Waals surface area contributed by atoms with E-state index >= 15 is 0 Å². The number of aromatic hydroxyl groups is 1. The van der Waals surface area contributed by atoms with Crippen LogP contribution in [0.5, 0.6) is 5.75 Å². The van der Waals surface area contributed by atoms with Crippen molar-refractivity contribution in [1.29, 1.82) is 0 Å². The van der Waals surface area contributed by atoms with Gasteiger partial charge in [-0.2, -0.15) is 0 Å². The molecular formula is C25H25NO. The number of aryl methyl sites for hydroxylation is 4. The van der Waals surface area contributed by atoms with Gasteiger partial charge in [-0.1, -0.05) is 54.6 Å². The number of phenolic OH excluding ortho intramolecular Hbond substituents is 1. The fourth-order valence-corrected chi connectivity index (χ4v) is 3.69. The molecule has 0 spiro atoms. The van der Waals surface area contributed by atoms with E-state index in [2.05, 4.69) is 61.5 Å². The van der Waals surface area contributed by atoms with Gasteiger partial charge < -0.3 is 5.11 Å². The first-order valence-electron chi connectivity index (χ1n) is 9.70. The Morgan fingerprint density at radius 3 is 2.22 bits per heavy atom. The van der Waals surface area contributed by atoms with Crippen LogP contribution in [-0.4, -0.2) is 11.3 Å². The average Bonchev–Trinajstić information content (AvgIpc) is 2.69. The van der Waals surface area contributed by atoms with Crippen LogP contribution in [0.15, 0.2) is 71.7 Å². The van der Waals surface area contributed by atoms with E-state index in [0.29, 0.717) is 5.75 Å². The van der Waals surface area contributed by atoms with E-state index in [4.69, 9.17) is 4.99 Å². The minimum absolute atomic E-state index is 0.144. The zero-order valence-electron chi connectivity index (χ0n) is 15.7. The molecule has 1 atom stereocenters. The summed E-state index contributed by atoms with van der Waals surface area (Å²) in [5, 5.41) is 10.2. The molecule has 2 heteroatoms. The SMILES string of the molecule is C[C@@H](N=Cc1cc2ccc1CCc1ccc(c(O)c1)CC2)c1ccccc1. The van der Waals surface area contributed by atoms with Crippen molar-refractivity contribution >= 4 is 6.21 Å². The quantitative estimate of drug-likeness (QED) is 0.622. The summed E-state index contributed by atoms with van der Waals surface area (Å²) >= 11 is 0. The summed E-state index contributed by atoms with van der Waals surface area (Å²) in [5.41, 5.74) is 7.26. The van der Waals surface area contributed by atoms with Crippen LogP contribution in [0.4, 0.5) is 0 Å². The molecule has 0 radical (unpaired) electrons. The van der Waals surface area contributed by atoms with Crippen molar-refractivity contribution in [3.8, 4) is 5.75 Å². The number of phenols is 1. The molecule has 136 valence electrons. The molecule has 0 aliphatic heterocycles. The lowest BCUT2D eigenvalue weighted by Crippen LogP contribution is -2.02. The van der Waals surface area contributed by atoms with Gasteiger partial charge in [0.15, 0.2) is 0 Å². The third kappa shape index (κ3) is 4.11. The lowest BCUT2D eigenvalue weighted by atomic mass is 9.93. The van der Waals surface area contributed by atoms with Crippen LogP contribution in [0.1, 0.15) is 46.3 Å². The molecular weight excluding hydrogens is 330 g/mol. The molecule has 0 fully saturated rings. The standard InChI is InChI=1S/C25H25NO/c1-18(21-5-3-2-4-6-21)26-17-24-15-19-7-11-22(24)12-8-20-10-14-23(13-9-19)25(27)16-20/h2-7,10-11,14-18,27H,8-9,12-13H2,1H3/t18-/m1/s1. The highest BCUT2D eigenvalue weighted by Crippen LogP contribution is 2.25. The third-order valence-electron chi connectivity index (χ3n) is 5.45. The zero-order chi connectivity index (χ0) is 18.6. The molecule has 7 rings (SSSR count). The highest BCUT2D eigenvalue weighted by Gasteiger charge is 2.10. The van der Waals surface area contributed by atoms with Crippen molar-refractivity contribution in [3.05, 3.63) is 100 Å². The van der Waals surface area contributed by atoms with Crippen molar-refractivity contribution in [2.24, 2.45) is 4.99 Å². The smallest absolute Gasteiger partial charge is 0.119 e. The van der Waals surface area contributed by atoms with E-state index < -0.39 is 0 Å². The second-order valence-corrected chi connectivity index (χ2v) is 7.36. The second kappa shape index (κ2) is 7.79. The van der Waals surface area contributed by atoms with Gasteiger partial charge in [0.25, 0.3) is 0 Å². The van der Waals surface area contributed by atoms with Crippen LogP contribution in [0, 0.1) is 0 Å². The number of nitrogens with zero attached hydrogens (tertiary/aromatic N) is 1. The predicted octanol–water partition coefficient (Wildman–Crippen LogP) is 5.46. The molecule has 4 aliphatic rings. The molecule has 0 unspecified atom stereocenters. The predicted molar refractivity (Wildman–Crippen MR) is 112 cm³/mol. The molecule has 0 aromatic heterocycles. The maximum absolute atomic E-state index is 10.2. The highest BCUT2D eigenvalue weighted by molar-refractivity contribution is 5.82. The van der Waals surface area contributed by atoms with Gasteiger partial charge in [0, 0.05) is 6.21 Å². The van der Waals surface area contributed by atoms with E-state index in [0.717, 1.165) is 31.2 Å². The summed E-state index contributed by atoms with van der Waals surface area (Å²) in [5.74, 6) is 0.431. The Morgan fingerprint density at radius 1 is 0.815 bits per heavy atom. The van der Waals surface area contributed by atoms with Gasteiger partial charge in [0.2, 0.25) is 0 Å². The minimum atomic E-state index is 0.144. The number of hydrogen-bond donors (Lipinski definition) is 1. The summed E-state index contributed by atoms with van der Waals surface area (Å²) in [6.07, 6.45) is 5.68. The summed E-state index contributed by atoms with van der Waals surface area (Å²) in [4.78, 5) is 4.83. The number of benzene rings is 3. The molecule has 4 aliphatic carbocycles. The normalized spacial score (nSPS) is 14.9. The molecule has 0 saturated heterocycles. The molecule has 1 N–H and O–H groups in total. The molecule has 3 aromatic carbocycles. The van der Waals surface area contributed by atoms with Gasteiger partial charge in [0.1, 0.15) is 5.75 Å². The Hall–Kier alpha value is -2.87. The second-order valence-electron chi connectivity index (χ2n) is 7.36. The Kier molecular flexibility index (Phi) is 5.06. The van der Waals surface area contributed by atoms with E-state index in [9.17, 15) is 5.11 Å². The first-order valence-corrected chi connectivity index (χ1v) is 9.70. The zero-order valence-corrected chi connectivity index (χ0v) is 15.7. The van der Waals surface area contributed by atoms with Crippen LogP contribution in [0.2, 0.25) is 0 Å². The largest absolute Gasteiger partial charge is 0.508 e. The summed E-state index contributed by atoms with van der Waals surface area (Å²) in [6, 6.07) is 23.4. The van der Waals surface area contributed by atoms with Gasteiger partial charge in [0.05, 0.1) is 6.04 Å². The van der Waals surface area contributed by atoms with E-state index in [-0.39, 0.29) is 6.04 Å². The maximum Gasteiger partial charge on any atom is 0.119 e. The molecule has 27 heavy (non-hydrogen) atoms. The monoisotopic (exact) mass is 355 g/mol. The summed E-state index contributed by atoms with van der Waals surface area (Å²) < 4.78 is 0. The van der Waals surface area contributed by atoms with Crippen LogP contribution in [0.25, 0.3) is 0 Å². The van der Waals surface area contributed by atoms with Crippen molar-refractivity contribution in [2.45, 2.75) is 38.6 Å². The molecule has 4 bridgehead atoms. The fourth-order valence-electron chi connectivity index (χ4n) is 3.69. The first-order chi connectivity index (χ1) is 13.2. The molecule has 3 aromatic rings. The highest BCUT2D eigenvalue weighted by atomic mass is 16.3. The fraction of sp³-hybridized carbons (Fsp3) is 0.240. The number of aliphatic imine (C=N–C) groups is 1. The van der Waals surface area contributed by atoms with Crippen LogP contribution in [-0.2, 0) is 25.7 Å². The Bertz CT molecular complexity index is 959. The minimum Gasteiger partial charge on any atom is -0.508 e. The lowest BCUT2D eigenvalue weighted by Gasteiger charge is -2.14. The Balaban J connectivity index is 1.62. The summed E-state index contributed by atoms with van der Waals surface area (Å²) in [6.45, 7) is 2.14. The van der Waals surface area contributed by atoms with Crippen molar-refractivity contribution in [1.82, 2.24) is 0 Å². The maximum atomic E-state index is 10.2. The van der Waals surface area contributed by atoms with Gasteiger partial charge in [-0.25, -0.2) is 0 Å². The number of hydrogen-bond acceptors (Lipinski definition) is 2. The average molecular weight is 355 g/mol. The van der Waals surface area contributed by atoms with Gasteiger partial charge in [-0.05, 0) is 78.1 Å². The topological polar surface area (TPSA) is 32.6 Å².